The van der Waals surface area contributed by atoms with E-state index in [-0.39, 0.29) is 5.91 Å². The van der Waals surface area contributed by atoms with Crippen molar-refractivity contribution in [1.29, 1.82) is 0 Å². The molecule has 88 valence electrons. The molecule has 1 rings (SSSR count). The zero-order valence-corrected chi connectivity index (χ0v) is 10.5. The smallest absolute Gasteiger partial charge is 0.251 e. The summed E-state index contributed by atoms with van der Waals surface area (Å²) in [5.74, 6) is 0.0167. The number of amides is 1. The zero-order chi connectivity index (χ0) is 12.1. The van der Waals surface area contributed by atoms with Gasteiger partial charge in [-0.1, -0.05) is 12.1 Å². The minimum atomic E-state index is 0.0167. The van der Waals surface area contributed by atoms with Gasteiger partial charge in [-0.25, -0.2) is 0 Å². The summed E-state index contributed by atoms with van der Waals surface area (Å²) >= 11 is 0. The number of nitrogens with zero attached hydrogens (tertiary/aromatic N) is 1. The Balaban J connectivity index is 2.63. The molecule has 0 aliphatic rings. The summed E-state index contributed by atoms with van der Waals surface area (Å²) in [7, 11) is 3.98. The number of benzene rings is 1. The summed E-state index contributed by atoms with van der Waals surface area (Å²) in [6.45, 7) is 5.54. The number of hydrogen-bond donors (Lipinski definition) is 1. The molecule has 1 aromatic carbocycles. The first-order valence-electron chi connectivity index (χ1n) is 5.51. The fourth-order valence-electron chi connectivity index (χ4n) is 1.49. The minimum absolute atomic E-state index is 0.0167. The number of aryl methyl sites for hydroxylation is 1. The van der Waals surface area contributed by atoms with Crippen molar-refractivity contribution in [3.63, 3.8) is 0 Å². The Morgan fingerprint density at radius 2 is 2.00 bits per heavy atom. The monoisotopic (exact) mass is 220 g/mol. The number of carbonyl (C=O) groups excluding carboxylic acids is 1. The molecule has 0 saturated carbocycles. The molecule has 1 amide bonds. The number of carbonyl (C=O) groups is 1. The molecular weight excluding hydrogens is 200 g/mol. The second kappa shape index (κ2) is 5.66. The molecule has 1 N–H and O–H groups in total. The largest absolute Gasteiger partial charge is 0.351 e. The number of likely N-dealkylation sites (N-methyl/N-ethyl adjacent to an activating group) is 1. The first-order valence-corrected chi connectivity index (χ1v) is 5.51. The average molecular weight is 220 g/mol. The predicted octanol–water partition coefficient (Wildman–Crippen LogP) is 1.59. The molecule has 0 aliphatic carbocycles. The molecule has 0 radical (unpaired) electrons. The Hall–Kier alpha value is -1.35. The Kier molecular flexibility index (Phi) is 4.50. The van der Waals surface area contributed by atoms with Crippen molar-refractivity contribution in [1.82, 2.24) is 10.2 Å². The fraction of sp³-hybridized carbons (Fsp3) is 0.462. The zero-order valence-electron chi connectivity index (χ0n) is 10.5. The molecule has 0 fully saturated rings. The fourth-order valence-corrected chi connectivity index (χ4v) is 1.49. The van der Waals surface area contributed by atoms with Gasteiger partial charge in [0, 0.05) is 18.7 Å². The molecule has 3 heteroatoms. The molecule has 0 bridgehead atoms. The van der Waals surface area contributed by atoms with Crippen LogP contribution in [0.2, 0.25) is 0 Å². The van der Waals surface area contributed by atoms with Crippen LogP contribution in [-0.4, -0.2) is 38.0 Å². The lowest BCUT2D eigenvalue weighted by molar-refractivity contribution is 0.0950. The van der Waals surface area contributed by atoms with Crippen LogP contribution in [0.3, 0.4) is 0 Å². The Morgan fingerprint density at radius 3 is 2.62 bits per heavy atom. The lowest BCUT2D eigenvalue weighted by atomic mass is 10.0. The van der Waals surface area contributed by atoms with Gasteiger partial charge >= 0.3 is 0 Å². The summed E-state index contributed by atoms with van der Waals surface area (Å²) in [5, 5.41) is 2.92. The maximum absolute atomic E-state index is 11.9. The van der Waals surface area contributed by atoms with Crippen LogP contribution >= 0.6 is 0 Å². The number of nitrogens with one attached hydrogen (secondary N) is 1. The highest BCUT2D eigenvalue weighted by molar-refractivity contribution is 5.95. The van der Waals surface area contributed by atoms with Crippen molar-refractivity contribution < 1.29 is 4.79 Å². The Bertz CT molecular complexity index is 372. The van der Waals surface area contributed by atoms with E-state index in [1.165, 1.54) is 0 Å². The van der Waals surface area contributed by atoms with Gasteiger partial charge in [0.25, 0.3) is 5.91 Å². The molecule has 1 aromatic rings. The van der Waals surface area contributed by atoms with Crippen LogP contribution in [0.5, 0.6) is 0 Å². The van der Waals surface area contributed by atoms with E-state index in [1.54, 1.807) is 0 Å². The van der Waals surface area contributed by atoms with Gasteiger partial charge in [0.2, 0.25) is 0 Å². The Labute approximate surface area is 97.5 Å². The van der Waals surface area contributed by atoms with Gasteiger partial charge in [-0.2, -0.15) is 0 Å². The number of rotatable bonds is 4. The first kappa shape index (κ1) is 12.7. The van der Waals surface area contributed by atoms with Crippen LogP contribution in [0.25, 0.3) is 0 Å². The topological polar surface area (TPSA) is 32.3 Å². The summed E-state index contributed by atoms with van der Waals surface area (Å²) in [6, 6.07) is 5.81. The van der Waals surface area contributed by atoms with E-state index >= 15 is 0 Å². The predicted molar refractivity (Wildman–Crippen MR) is 66.8 cm³/mol. The van der Waals surface area contributed by atoms with Crippen LogP contribution in [-0.2, 0) is 0 Å². The van der Waals surface area contributed by atoms with Gasteiger partial charge in [0.1, 0.15) is 0 Å². The highest BCUT2D eigenvalue weighted by Gasteiger charge is 2.08. The Morgan fingerprint density at radius 1 is 1.31 bits per heavy atom. The third-order valence-electron chi connectivity index (χ3n) is 2.69. The van der Waals surface area contributed by atoms with Crippen LogP contribution in [0.4, 0.5) is 0 Å². The standard InChI is InChI=1S/C13H20N2O/c1-10-6-5-7-12(11(10)2)13(16)14-8-9-15(3)4/h5-7H,8-9H2,1-4H3,(H,14,16). The summed E-state index contributed by atoms with van der Waals surface area (Å²) in [5.41, 5.74) is 2.99. The SMILES string of the molecule is Cc1cccc(C(=O)NCCN(C)C)c1C. The molecule has 16 heavy (non-hydrogen) atoms. The third kappa shape index (κ3) is 3.35. The van der Waals surface area contributed by atoms with Crippen LogP contribution < -0.4 is 5.32 Å². The first-order chi connectivity index (χ1) is 7.52. The highest BCUT2D eigenvalue weighted by Crippen LogP contribution is 2.12. The second-order valence-electron chi connectivity index (χ2n) is 4.31. The van der Waals surface area contributed by atoms with Gasteiger partial charge in [0.15, 0.2) is 0 Å². The van der Waals surface area contributed by atoms with Crippen molar-refractivity contribution in [2.45, 2.75) is 13.8 Å². The molecule has 0 spiro atoms. The molecule has 0 atom stereocenters. The van der Waals surface area contributed by atoms with Crippen molar-refractivity contribution >= 4 is 5.91 Å². The van der Waals surface area contributed by atoms with Crippen molar-refractivity contribution in [2.75, 3.05) is 27.2 Å². The van der Waals surface area contributed by atoms with Gasteiger partial charge in [0.05, 0.1) is 0 Å². The molecule has 3 nitrogen and oxygen atoms in total. The van der Waals surface area contributed by atoms with Crippen LogP contribution in [0.15, 0.2) is 18.2 Å². The summed E-state index contributed by atoms with van der Waals surface area (Å²) in [6.07, 6.45) is 0. The van der Waals surface area contributed by atoms with Crippen molar-refractivity contribution in [2.24, 2.45) is 0 Å². The molecular formula is C13H20N2O. The lowest BCUT2D eigenvalue weighted by Gasteiger charge is -2.12. The van der Waals surface area contributed by atoms with Gasteiger partial charge < -0.3 is 10.2 Å². The average Bonchev–Trinajstić information content (AvgIpc) is 2.21. The molecule has 0 saturated heterocycles. The minimum Gasteiger partial charge on any atom is -0.351 e. The van der Waals surface area contributed by atoms with E-state index in [0.29, 0.717) is 6.54 Å². The van der Waals surface area contributed by atoms with E-state index in [2.05, 4.69) is 5.32 Å². The van der Waals surface area contributed by atoms with Crippen LogP contribution in [0.1, 0.15) is 21.5 Å². The second-order valence-corrected chi connectivity index (χ2v) is 4.31. The normalized spacial score (nSPS) is 10.6. The number of hydrogen-bond acceptors (Lipinski definition) is 2. The molecule has 0 aromatic heterocycles. The van der Waals surface area contributed by atoms with E-state index in [0.717, 1.165) is 23.2 Å². The van der Waals surface area contributed by atoms with E-state index < -0.39 is 0 Å². The van der Waals surface area contributed by atoms with E-state index in [1.807, 2.05) is 51.0 Å². The maximum atomic E-state index is 11.9. The summed E-state index contributed by atoms with van der Waals surface area (Å²) in [4.78, 5) is 13.9. The van der Waals surface area contributed by atoms with Crippen molar-refractivity contribution in [3.05, 3.63) is 34.9 Å². The van der Waals surface area contributed by atoms with E-state index in [9.17, 15) is 4.79 Å². The highest BCUT2D eigenvalue weighted by atomic mass is 16.1. The lowest BCUT2D eigenvalue weighted by Crippen LogP contribution is -2.31. The van der Waals surface area contributed by atoms with Gasteiger partial charge in [-0.15, -0.1) is 0 Å². The molecule has 0 heterocycles. The van der Waals surface area contributed by atoms with E-state index in [4.69, 9.17) is 0 Å². The summed E-state index contributed by atoms with van der Waals surface area (Å²) < 4.78 is 0. The van der Waals surface area contributed by atoms with Gasteiger partial charge in [-0.3, -0.25) is 4.79 Å². The third-order valence-corrected chi connectivity index (χ3v) is 2.69. The molecule has 0 unspecified atom stereocenters. The maximum Gasteiger partial charge on any atom is 0.251 e. The molecule has 0 aliphatic heterocycles. The van der Waals surface area contributed by atoms with Crippen LogP contribution in [0, 0.1) is 13.8 Å². The van der Waals surface area contributed by atoms with Crippen molar-refractivity contribution in [3.8, 4) is 0 Å². The quantitative estimate of drug-likeness (QED) is 0.836. The van der Waals surface area contributed by atoms with Gasteiger partial charge in [-0.05, 0) is 45.1 Å².